The van der Waals surface area contributed by atoms with Gasteiger partial charge in [0, 0.05) is 12.4 Å². The first-order valence-corrected chi connectivity index (χ1v) is 6.66. The molecule has 0 unspecified atom stereocenters. The minimum absolute atomic E-state index is 0.240. The number of ether oxygens (including phenoxy) is 1. The van der Waals surface area contributed by atoms with Crippen molar-refractivity contribution in [3.8, 4) is 5.75 Å². The van der Waals surface area contributed by atoms with E-state index in [0.717, 1.165) is 11.3 Å². The number of amides is 1. The van der Waals surface area contributed by atoms with Gasteiger partial charge in [-0.3, -0.25) is 4.79 Å². The maximum atomic E-state index is 11.3. The van der Waals surface area contributed by atoms with E-state index < -0.39 is 5.91 Å². The summed E-state index contributed by atoms with van der Waals surface area (Å²) < 4.78 is 7.46. The van der Waals surface area contributed by atoms with Gasteiger partial charge in [0.05, 0.1) is 16.3 Å². The van der Waals surface area contributed by atoms with Gasteiger partial charge in [-0.15, -0.1) is 0 Å². The molecule has 0 bridgehead atoms. The van der Waals surface area contributed by atoms with E-state index in [1.807, 2.05) is 16.7 Å². The number of carbonyl (C=O) groups is 1. The van der Waals surface area contributed by atoms with E-state index in [9.17, 15) is 4.79 Å². The fourth-order valence-electron chi connectivity index (χ4n) is 2.03. The first kappa shape index (κ1) is 13.5. The second-order valence-corrected chi connectivity index (χ2v) is 4.93. The summed E-state index contributed by atoms with van der Waals surface area (Å²) in [6, 6.07) is 10.4. The molecule has 0 saturated carbocycles. The molecule has 0 atom stereocenters. The smallest absolute Gasteiger partial charge is 0.252 e. The molecule has 1 aromatic carbocycles. The number of carbonyl (C=O) groups excluding carboxylic acids is 1. The van der Waals surface area contributed by atoms with Gasteiger partial charge in [0.1, 0.15) is 18.0 Å². The van der Waals surface area contributed by atoms with Gasteiger partial charge in [-0.2, -0.15) is 0 Å². The number of aromatic nitrogens is 2. The number of pyridine rings is 1. The SMILES string of the molecule is NC(=O)c1ccccc1OCc1cn2cc(Cl)ccc2n1. The molecule has 106 valence electrons. The molecule has 21 heavy (non-hydrogen) atoms. The molecule has 5 nitrogen and oxygen atoms in total. The Kier molecular flexibility index (Phi) is 3.50. The molecule has 2 heterocycles. The van der Waals surface area contributed by atoms with E-state index >= 15 is 0 Å². The highest BCUT2D eigenvalue weighted by atomic mass is 35.5. The molecule has 3 aromatic rings. The summed E-state index contributed by atoms with van der Waals surface area (Å²) in [6.45, 7) is 0.240. The Labute approximate surface area is 125 Å². The molecule has 0 spiro atoms. The Bertz CT molecular complexity index is 814. The second kappa shape index (κ2) is 5.46. The van der Waals surface area contributed by atoms with Crippen LogP contribution in [0.2, 0.25) is 5.02 Å². The van der Waals surface area contributed by atoms with Crippen molar-refractivity contribution in [1.82, 2.24) is 9.38 Å². The lowest BCUT2D eigenvalue weighted by atomic mass is 10.2. The zero-order valence-electron chi connectivity index (χ0n) is 11.0. The normalized spacial score (nSPS) is 10.7. The van der Waals surface area contributed by atoms with Crippen LogP contribution in [0.25, 0.3) is 5.65 Å². The standard InChI is InChI=1S/C15H12ClN3O2/c16-10-5-6-14-18-11(8-19(14)7-10)9-21-13-4-2-1-3-12(13)15(17)20/h1-8H,9H2,(H2,17,20). The lowest BCUT2D eigenvalue weighted by Crippen LogP contribution is -2.12. The number of hydrogen-bond acceptors (Lipinski definition) is 3. The summed E-state index contributed by atoms with van der Waals surface area (Å²) in [4.78, 5) is 15.7. The van der Waals surface area contributed by atoms with E-state index in [0.29, 0.717) is 16.3 Å². The molecule has 1 amide bonds. The molecule has 6 heteroatoms. The van der Waals surface area contributed by atoms with Crippen LogP contribution in [0, 0.1) is 0 Å². The number of nitrogens with two attached hydrogens (primary N) is 1. The van der Waals surface area contributed by atoms with E-state index in [2.05, 4.69) is 4.98 Å². The van der Waals surface area contributed by atoms with Crippen molar-refractivity contribution in [3.63, 3.8) is 0 Å². The summed E-state index contributed by atoms with van der Waals surface area (Å²) in [5, 5.41) is 0.631. The number of benzene rings is 1. The van der Waals surface area contributed by atoms with E-state index in [4.69, 9.17) is 22.1 Å². The van der Waals surface area contributed by atoms with Crippen molar-refractivity contribution in [1.29, 1.82) is 0 Å². The van der Waals surface area contributed by atoms with Crippen LogP contribution in [0.15, 0.2) is 48.8 Å². The molecule has 0 radical (unpaired) electrons. The number of imidazole rings is 1. The number of nitrogens with zero attached hydrogens (tertiary/aromatic N) is 2. The molecule has 0 aliphatic heterocycles. The predicted octanol–water partition coefficient (Wildman–Crippen LogP) is 2.67. The molecule has 0 aliphatic rings. The van der Waals surface area contributed by atoms with E-state index in [-0.39, 0.29) is 6.61 Å². The maximum absolute atomic E-state index is 11.3. The fourth-order valence-corrected chi connectivity index (χ4v) is 2.20. The summed E-state index contributed by atoms with van der Waals surface area (Å²) in [5.41, 5.74) is 7.17. The third-order valence-electron chi connectivity index (χ3n) is 2.99. The number of rotatable bonds is 4. The molecular formula is C15H12ClN3O2. The van der Waals surface area contributed by atoms with Crippen molar-refractivity contribution in [3.05, 3.63) is 65.1 Å². The molecule has 0 fully saturated rings. The quantitative estimate of drug-likeness (QED) is 0.805. The number of hydrogen-bond donors (Lipinski definition) is 1. The van der Waals surface area contributed by atoms with E-state index in [1.54, 1.807) is 36.5 Å². The lowest BCUT2D eigenvalue weighted by Gasteiger charge is -2.07. The highest BCUT2D eigenvalue weighted by molar-refractivity contribution is 6.30. The van der Waals surface area contributed by atoms with E-state index in [1.165, 1.54) is 0 Å². The van der Waals surface area contributed by atoms with Crippen molar-refractivity contribution >= 4 is 23.2 Å². The first-order chi connectivity index (χ1) is 10.1. The summed E-state index contributed by atoms with van der Waals surface area (Å²) in [7, 11) is 0. The summed E-state index contributed by atoms with van der Waals surface area (Å²) >= 11 is 5.93. The van der Waals surface area contributed by atoms with Crippen molar-refractivity contribution in [2.24, 2.45) is 5.73 Å². The monoisotopic (exact) mass is 301 g/mol. The predicted molar refractivity (Wildman–Crippen MR) is 79.5 cm³/mol. The number of fused-ring (bicyclic) bond motifs is 1. The van der Waals surface area contributed by atoms with Crippen LogP contribution in [0.3, 0.4) is 0 Å². The van der Waals surface area contributed by atoms with Crippen LogP contribution in [-0.2, 0) is 6.61 Å². The average Bonchev–Trinajstić information content (AvgIpc) is 2.87. The Morgan fingerprint density at radius 1 is 1.24 bits per heavy atom. The van der Waals surface area contributed by atoms with Gasteiger partial charge in [0.2, 0.25) is 0 Å². The molecule has 3 rings (SSSR count). The highest BCUT2D eigenvalue weighted by Gasteiger charge is 2.09. The number of primary amides is 1. The van der Waals surface area contributed by atoms with Crippen molar-refractivity contribution in [2.45, 2.75) is 6.61 Å². The van der Waals surface area contributed by atoms with Crippen LogP contribution in [0.1, 0.15) is 16.1 Å². The Balaban J connectivity index is 1.82. The average molecular weight is 302 g/mol. The van der Waals surface area contributed by atoms with Gasteiger partial charge in [0.15, 0.2) is 0 Å². The Morgan fingerprint density at radius 3 is 2.86 bits per heavy atom. The summed E-state index contributed by atoms with van der Waals surface area (Å²) in [6.07, 6.45) is 3.60. The largest absolute Gasteiger partial charge is 0.486 e. The third-order valence-corrected chi connectivity index (χ3v) is 3.22. The van der Waals surface area contributed by atoms with Crippen LogP contribution in [0.4, 0.5) is 0 Å². The Morgan fingerprint density at radius 2 is 2.05 bits per heavy atom. The summed E-state index contributed by atoms with van der Waals surface area (Å²) in [5.74, 6) is -0.0764. The number of halogens is 1. The Hall–Kier alpha value is -2.53. The minimum atomic E-state index is -0.521. The molecule has 0 aliphatic carbocycles. The van der Waals surface area contributed by atoms with Crippen LogP contribution in [0.5, 0.6) is 5.75 Å². The van der Waals surface area contributed by atoms with Gasteiger partial charge in [-0.25, -0.2) is 4.98 Å². The zero-order chi connectivity index (χ0) is 14.8. The highest BCUT2D eigenvalue weighted by Crippen LogP contribution is 2.19. The minimum Gasteiger partial charge on any atom is -0.486 e. The van der Waals surface area contributed by atoms with Gasteiger partial charge in [-0.05, 0) is 24.3 Å². The fraction of sp³-hybridized carbons (Fsp3) is 0.0667. The molecule has 2 aromatic heterocycles. The molecule has 2 N–H and O–H groups in total. The second-order valence-electron chi connectivity index (χ2n) is 4.49. The topological polar surface area (TPSA) is 69.6 Å². The lowest BCUT2D eigenvalue weighted by molar-refractivity contribution is 0.0996. The van der Waals surface area contributed by atoms with Gasteiger partial charge in [-0.1, -0.05) is 23.7 Å². The molecule has 0 saturated heterocycles. The van der Waals surface area contributed by atoms with Crippen molar-refractivity contribution in [2.75, 3.05) is 0 Å². The number of para-hydroxylation sites is 1. The zero-order valence-corrected chi connectivity index (χ0v) is 11.7. The first-order valence-electron chi connectivity index (χ1n) is 6.28. The van der Waals surface area contributed by atoms with Crippen LogP contribution in [-0.4, -0.2) is 15.3 Å². The maximum Gasteiger partial charge on any atom is 0.252 e. The van der Waals surface area contributed by atoms with Gasteiger partial charge < -0.3 is 14.9 Å². The molecular weight excluding hydrogens is 290 g/mol. The third kappa shape index (κ3) is 2.83. The van der Waals surface area contributed by atoms with Gasteiger partial charge in [0.25, 0.3) is 5.91 Å². The van der Waals surface area contributed by atoms with Crippen LogP contribution < -0.4 is 10.5 Å². The van der Waals surface area contributed by atoms with Crippen LogP contribution >= 0.6 is 11.6 Å². The van der Waals surface area contributed by atoms with Gasteiger partial charge >= 0.3 is 0 Å². The van der Waals surface area contributed by atoms with Crippen molar-refractivity contribution < 1.29 is 9.53 Å².